The Kier molecular flexibility index (Phi) is 4.90. The Morgan fingerprint density at radius 2 is 1.95 bits per heavy atom. The number of ether oxygens (including phenoxy) is 2. The van der Waals surface area contributed by atoms with Crippen molar-refractivity contribution in [1.82, 2.24) is 15.3 Å². The van der Waals surface area contributed by atoms with Gasteiger partial charge in [-0.15, -0.1) is 0 Å². The normalized spacial score (nSPS) is 14.1. The number of nitrogens with zero attached hydrogens (tertiary/aromatic N) is 2. The quantitative estimate of drug-likeness (QED) is 0.808. The second-order valence-electron chi connectivity index (χ2n) is 5.05. The Labute approximate surface area is 125 Å². The van der Waals surface area contributed by atoms with Crippen LogP contribution in [0.4, 0.5) is 0 Å². The van der Waals surface area contributed by atoms with E-state index >= 15 is 0 Å². The SMILES string of the molecule is CCOC(CC)(CC)c1nc2c(c(C(=O)OC)n1)CNC2. The Morgan fingerprint density at radius 1 is 1.24 bits per heavy atom. The maximum atomic E-state index is 12.0. The first kappa shape index (κ1) is 15.9. The molecule has 0 amide bonds. The smallest absolute Gasteiger partial charge is 0.357 e. The molecule has 0 aliphatic carbocycles. The van der Waals surface area contributed by atoms with E-state index in [0.717, 1.165) is 24.1 Å². The minimum absolute atomic E-state index is 0.355. The highest BCUT2D eigenvalue weighted by molar-refractivity contribution is 5.89. The lowest BCUT2D eigenvalue weighted by atomic mass is 9.95. The van der Waals surface area contributed by atoms with Crippen LogP contribution in [-0.2, 0) is 28.2 Å². The molecule has 1 N–H and O–H groups in total. The summed E-state index contributed by atoms with van der Waals surface area (Å²) in [6.45, 7) is 7.87. The van der Waals surface area contributed by atoms with Gasteiger partial charge in [0.2, 0.25) is 0 Å². The average molecular weight is 293 g/mol. The summed E-state index contributed by atoms with van der Waals surface area (Å²) in [7, 11) is 1.37. The van der Waals surface area contributed by atoms with Crippen LogP contribution in [0, 0.1) is 0 Å². The van der Waals surface area contributed by atoms with Crippen LogP contribution in [0.15, 0.2) is 0 Å². The second kappa shape index (κ2) is 6.49. The maximum absolute atomic E-state index is 12.0. The monoisotopic (exact) mass is 293 g/mol. The van der Waals surface area contributed by atoms with Crippen molar-refractivity contribution < 1.29 is 14.3 Å². The second-order valence-corrected chi connectivity index (χ2v) is 5.05. The molecule has 2 rings (SSSR count). The predicted molar refractivity (Wildman–Crippen MR) is 77.8 cm³/mol. The molecule has 0 aromatic carbocycles. The maximum Gasteiger partial charge on any atom is 0.357 e. The molecule has 0 spiro atoms. The van der Waals surface area contributed by atoms with Crippen LogP contribution in [0.25, 0.3) is 0 Å². The molecule has 0 radical (unpaired) electrons. The van der Waals surface area contributed by atoms with Gasteiger partial charge in [-0.3, -0.25) is 0 Å². The number of aromatic nitrogens is 2. The molecule has 0 fully saturated rings. The van der Waals surface area contributed by atoms with E-state index in [1.165, 1.54) is 7.11 Å². The van der Waals surface area contributed by atoms with Crippen LogP contribution >= 0.6 is 0 Å². The van der Waals surface area contributed by atoms with E-state index in [2.05, 4.69) is 15.3 Å². The first-order valence-corrected chi connectivity index (χ1v) is 7.45. The van der Waals surface area contributed by atoms with Crippen molar-refractivity contribution in [2.24, 2.45) is 0 Å². The average Bonchev–Trinajstić information content (AvgIpc) is 2.99. The van der Waals surface area contributed by atoms with Gasteiger partial charge in [-0.25, -0.2) is 14.8 Å². The Bertz CT molecular complexity index is 527. The first-order valence-electron chi connectivity index (χ1n) is 7.45. The van der Waals surface area contributed by atoms with Crippen molar-refractivity contribution in [3.63, 3.8) is 0 Å². The number of carbonyl (C=O) groups is 1. The highest BCUT2D eigenvalue weighted by atomic mass is 16.5. The lowest BCUT2D eigenvalue weighted by Crippen LogP contribution is -2.32. The summed E-state index contributed by atoms with van der Waals surface area (Å²) in [4.78, 5) is 21.2. The molecule has 0 bridgehead atoms. The van der Waals surface area contributed by atoms with Crippen molar-refractivity contribution in [1.29, 1.82) is 0 Å². The Hall–Kier alpha value is -1.53. The highest BCUT2D eigenvalue weighted by Gasteiger charge is 2.35. The minimum Gasteiger partial charge on any atom is -0.464 e. The summed E-state index contributed by atoms with van der Waals surface area (Å²) in [5.41, 5.74) is 1.51. The van der Waals surface area contributed by atoms with Crippen molar-refractivity contribution in [3.8, 4) is 0 Å². The van der Waals surface area contributed by atoms with Gasteiger partial charge >= 0.3 is 5.97 Å². The van der Waals surface area contributed by atoms with Gasteiger partial charge in [-0.05, 0) is 19.8 Å². The molecule has 2 heterocycles. The molecule has 21 heavy (non-hydrogen) atoms. The van der Waals surface area contributed by atoms with Gasteiger partial charge < -0.3 is 14.8 Å². The lowest BCUT2D eigenvalue weighted by Gasteiger charge is -2.30. The number of hydrogen-bond acceptors (Lipinski definition) is 6. The molecule has 0 unspecified atom stereocenters. The number of carbonyl (C=O) groups excluding carboxylic acids is 1. The molecule has 6 nitrogen and oxygen atoms in total. The van der Waals surface area contributed by atoms with E-state index in [4.69, 9.17) is 9.47 Å². The summed E-state index contributed by atoms with van der Waals surface area (Å²) in [6, 6.07) is 0. The van der Waals surface area contributed by atoms with Crippen LogP contribution in [0.2, 0.25) is 0 Å². The Balaban J connectivity index is 2.56. The van der Waals surface area contributed by atoms with Gasteiger partial charge in [0.25, 0.3) is 0 Å². The van der Waals surface area contributed by atoms with Crippen LogP contribution in [0.3, 0.4) is 0 Å². The van der Waals surface area contributed by atoms with Gasteiger partial charge in [-0.1, -0.05) is 13.8 Å². The molecule has 116 valence electrons. The van der Waals surface area contributed by atoms with Crippen molar-refractivity contribution in [2.45, 2.75) is 52.3 Å². The number of methoxy groups -OCH3 is 1. The van der Waals surface area contributed by atoms with Crippen LogP contribution in [0.1, 0.15) is 61.2 Å². The molecule has 1 aromatic rings. The number of nitrogens with one attached hydrogen (secondary N) is 1. The van der Waals surface area contributed by atoms with Crippen molar-refractivity contribution >= 4 is 5.97 Å². The predicted octanol–water partition coefficient (Wildman–Crippen LogP) is 1.92. The van der Waals surface area contributed by atoms with Crippen LogP contribution in [0.5, 0.6) is 0 Å². The van der Waals surface area contributed by atoms with Crippen molar-refractivity contribution in [2.75, 3.05) is 13.7 Å². The number of esters is 1. The zero-order valence-corrected chi connectivity index (χ0v) is 13.2. The van der Waals surface area contributed by atoms with Gasteiger partial charge in [0.1, 0.15) is 5.60 Å². The zero-order valence-electron chi connectivity index (χ0n) is 13.2. The lowest BCUT2D eigenvalue weighted by molar-refractivity contribution is -0.0574. The van der Waals surface area contributed by atoms with Gasteiger partial charge in [0.05, 0.1) is 12.8 Å². The van der Waals surface area contributed by atoms with E-state index in [9.17, 15) is 4.79 Å². The fraction of sp³-hybridized carbons (Fsp3) is 0.667. The molecule has 0 atom stereocenters. The molecule has 1 aliphatic rings. The third kappa shape index (κ3) is 2.78. The van der Waals surface area contributed by atoms with Crippen LogP contribution in [-0.4, -0.2) is 29.7 Å². The zero-order chi connectivity index (χ0) is 15.5. The largest absolute Gasteiger partial charge is 0.464 e. The fourth-order valence-corrected chi connectivity index (χ4v) is 2.75. The summed E-state index contributed by atoms with van der Waals surface area (Å²) < 4.78 is 10.8. The summed E-state index contributed by atoms with van der Waals surface area (Å²) in [6.07, 6.45) is 1.51. The molecule has 0 saturated heterocycles. The fourth-order valence-electron chi connectivity index (χ4n) is 2.75. The number of hydrogen-bond donors (Lipinski definition) is 1. The first-order chi connectivity index (χ1) is 10.1. The molecular weight excluding hydrogens is 270 g/mol. The number of rotatable bonds is 6. The molecular formula is C15H23N3O3. The highest BCUT2D eigenvalue weighted by Crippen LogP contribution is 2.32. The molecule has 6 heteroatoms. The summed E-state index contributed by atoms with van der Waals surface area (Å²) >= 11 is 0. The number of fused-ring (bicyclic) bond motifs is 1. The minimum atomic E-state index is -0.546. The topological polar surface area (TPSA) is 73.3 Å². The third-order valence-electron chi connectivity index (χ3n) is 4.04. The van der Waals surface area contributed by atoms with E-state index in [1.54, 1.807) is 0 Å². The van der Waals surface area contributed by atoms with Crippen molar-refractivity contribution in [3.05, 3.63) is 22.8 Å². The molecule has 0 saturated carbocycles. The molecule has 1 aromatic heterocycles. The van der Waals surface area contributed by atoms with E-state index in [1.807, 2.05) is 20.8 Å². The third-order valence-corrected chi connectivity index (χ3v) is 4.04. The van der Waals surface area contributed by atoms with E-state index in [0.29, 0.717) is 31.2 Å². The molecule has 1 aliphatic heterocycles. The standard InChI is InChI=1S/C15H23N3O3/c1-5-15(6-2,21-7-3)14-17-11-9-16-8-10(11)12(18-14)13(19)20-4/h16H,5-9H2,1-4H3. The van der Waals surface area contributed by atoms with Gasteiger partial charge in [0.15, 0.2) is 11.5 Å². The Morgan fingerprint density at radius 3 is 2.52 bits per heavy atom. The van der Waals surface area contributed by atoms with E-state index < -0.39 is 11.6 Å². The summed E-state index contributed by atoms with van der Waals surface area (Å²) in [5.74, 6) is 0.161. The van der Waals surface area contributed by atoms with E-state index in [-0.39, 0.29) is 0 Å². The van der Waals surface area contributed by atoms with Crippen LogP contribution < -0.4 is 5.32 Å². The summed E-state index contributed by atoms with van der Waals surface area (Å²) in [5, 5.41) is 3.20. The van der Waals surface area contributed by atoms with Gasteiger partial charge in [-0.2, -0.15) is 0 Å². The van der Waals surface area contributed by atoms with Gasteiger partial charge in [0, 0.05) is 25.3 Å².